The number of para-hydroxylation sites is 2. The molecule has 92 valence electrons. The van der Waals surface area contributed by atoms with Crippen LogP contribution in [-0.2, 0) is 0 Å². The molecule has 0 atom stereocenters. The van der Waals surface area contributed by atoms with Gasteiger partial charge < -0.3 is 10.6 Å². The summed E-state index contributed by atoms with van der Waals surface area (Å²) in [7, 11) is 1.80. The van der Waals surface area contributed by atoms with Gasteiger partial charge in [0.2, 0.25) is 0 Å². The third-order valence-corrected chi connectivity index (χ3v) is 3.50. The molecular weight excluding hydrogens is 339 g/mol. The van der Waals surface area contributed by atoms with Crippen molar-refractivity contribution in [2.24, 2.45) is 0 Å². The van der Waals surface area contributed by atoms with Gasteiger partial charge in [-0.25, -0.2) is 0 Å². The Balaban J connectivity index is 2.25. The lowest BCUT2D eigenvalue weighted by molar-refractivity contribution is 0.102. The van der Waals surface area contributed by atoms with Gasteiger partial charge in [-0.1, -0.05) is 24.3 Å². The van der Waals surface area contributed by atoms with E-state index in [0.29, 0.717) is 5.56 Å². The van der Waals surface area contributed by atoms with Gasteiger partial charge in [-0.05, 0) is 46.9 Å². The van der Waals surface area contributed by atoms with Crippen LogP contribution < -0.4 is 10.6 Å². The van der Waals surface area contributed by atoms with Crippen LogP contribution in [0.1, 0.15) is 10.4 Å². The van der Waals surface area contributed by atoms with Crippen LogP contribution in [0.2, 0.25) is 0 Å². The molecule has 0 aromatic heterocycles. The van der Waals surface area contributed by atoms with Crippen LogP contribution in [0.5, 0.6) is 0 Å². The number of nitrogens with one attached hydrogen (secondary N) is 2. The molecule has 0 heterocycles. The number of halogens is 1. The quantitative estimate of drug-likeness (QED) is 0.829. The van der Waals surface area contributed by atoms with Crippen molar-refractivity contribution in [2.45, 2.75) is 0 Å². The average molecular weight is 352 g/mol. The lowest BCUT2D eigenvalue weighted by Gasteiger charge is -2.10. The number of benzene rings is 2. The molecule has 2 aromatic carbocycles. The van der Waals surface area contributed by atoms with Crippen molar-refractivity contribution < 1.29 is 4.79 Å². The number of carbonyl (C=O) groups excluding carboxylic acids is 1. The van der Waals surface area contributed by atoms with Gasteiger partial charge in [-0.3, -0.25) is 4.79 Å². The van der Waals surface area contributed by atoms with Crippen LogP contribution in [0.4, 0.5) is 11.4 Å². The molecule has 0 aliphatic carbocycles. The molecule has 2 N–H and O–H groups in total. The summed E-state index contributed by atoms with van der Waals surface area (Å²) in [5.41, 5.74) is 2.29. The van der Waals surface area contributed by atoms with Crippen LogP contribution in [0.15, 0.2) is 48.5 Å². The predicted octanol–water partition coefficient (Wildman–Crippen LogP) is 3.59. The highest BCUT2D eigenvalue weighted by molar-refractivity contribution is 14.1. The fourth-order valence-electron chi connectivity index (χ4n) is 1.65. The lowest BCUT2D eigenvalue weighted by atomic mass is 10.1. The van der Waals surface area contributed by atoms with Crippen LogP contribution in [0, 0.1) is 3.57 Å². The molecule has 2 aromatic rings. The fourth-order valence-corrected chi connectivity index (χ4v) is 2.17. The second-order valence-corrected chi connectivity index (χ2v) is 4.89. The van der Waals surface area contributed by atoms with E-state index < -0.39 is 0 Å². The van der Waals surface area contributed by atoms with Crippen molar-refractivity contribution in [1.82, 2.24) is 0 Å². The molecule has 0 aliphatic rings. The Hall–Kier alpha value is -1.56. The van der Waals surface area contributed by atoms with E-state index in [9.17, 15) is 4.79 Å². The molecule has 3 nitrogen and oxygen atoms in total. The number of amides is 1. The highest BCUT2D eigenvalue weighted by atomic mass is 127. The van der Waals surface area contributed by atoms with Gasteiger partial charge in [0.05, 0.1) is 11.3 Å². The number of hydrogen-bond donors (Lipinski definition) is 2. The van der Waals surface area contributed by atoms with Gasteiger partial charge in [0.15, 0.2) is 0 Å². The zero-order valence-electron chi connectivity index (χ0n) is 9.91. The molecule has 0 fully saturated rings. The minimum absolute atomic E-state index is 0.107. The third-order valence-electron chi connectivity index (χ3n) is 2.56. The second-order valence-electron chi connectivity index (χ2n) is 3.73. The zero-order valence-corrected chi connectivity index (χ0v) is 12.1. The van der Waals surface area contributed by atoms with Crippen molar-refractivity contribution in [1.29, 1.82) is 0 Å². The van der Waals surface area contributed by atoms with E-state index in [2.05, 4.69) is 33.2 Å². The molecule has 0 spiro atoms. The van der Waals surface area contributed by atoms with Crippen molar-refractivity contribution in [2.75, 3.05) is 17.7 Å². The molecule has 18 heavy (non-hydrogen) atoms. The first kappa shape index (κ1) is 12.9. The Kier molecular flexibility index (Phi) is 4.19. The molecule has 0 bridgehead atoms. The molecule has 0 saturated carbocycles. The van der Waals surface area contributed by atoms with Crippen LogP contribution >= 0.6 is 22.6 Å². The first-order valence-corrected chi connectivity index (χ1v) is 6.63. The van der Waals surface area contributed by atoms with E-state index >= 15 is 0 Å². The Morgan fingerprint density at radius 2 is 1.61 bits per heavy atom. The number of hydrogen-bond acceptors (Lipinski definition) is 2. The standard InChI is InChI=1S/C14H13IN2O/c1-16-12-8-4-2-6-10(12)14(18)17-13-9-5-3-7-11(13)15/h2-9,16H,1H3,(H,17,18). The maximum atomic E-state index is 12.2. The molecule has 0 unspecified atom stereocenters. The first-order valence-electron chi connectivity index (χ1n) is 5.55. The molecule has 0 aliphatic heterocycles. The van der Waals surface area contributed by atoms with Gasteiger partial charge in [0.1, 0.15) is 0 Å². The summed E-state index contributed by atoms with van der Waals surface area (Å²) < 4.78 is 1.02. The summed E-state index contributed by atoms with van der Waals surface area (Å²) in [6.45, 7) is 0. The molecule has 1 amide bonds. The van der Waals surface area contributed by atoms with Crippen molar-refractivity contribution in [3.8, 4) is 0 Å². The minimum Gasteiger partial charge on any atom is -0.387 e. The summed E-state index contributed by atoms with van der Waals surface area (Å²) in [5, 5.41) is 5.93. The predicted molar refractivity (Wildman–Crippen MR) is 83.1 cm³/mol. The smallest absolute Gasteiger partial charge is 0.257 e. The van der Waals surface area contributed by atoms with Gasteiger partial charge in [-0.15, -0.1) is 0 Å². The average Bonchev–Trinajstić information content (AvgIpc) is 2.41. The van der Waals surface area contributed by atoms with Gasteiger partial charge >= 0.3 is 0 Å². The van der Waals surface area contributed by atoms with E-state index in [-0.39, 0.29) is 5.91 Å². The van der Waals surface area contributed by atoms with Crippen LogP contribution in [0.25, 0.3) is 0 Å². The van der Waals surface area contributed by atoms with E-state index in [1.807, 2.05) is 42.5 Å². The van der Waals surface area contributed by atoms with E-state index in [1.165, 1.54) is 0 Å². The molecule has 4 heteroatoms. The van der Waals surface area contributed by atoms with E-state index in [4.69, 9.17) is 0 Å². The second kappa shape index (κ2) is 5.86. The van der Waals surface area contributed by atoms with Crippen molar-refractivity contribution >= 4 is 39.9 Å². The number of anilines is 2. The van der Waals surface area contributed by atoms with Gasteiger partial charge in [0, 0.05) is 16.3 Å². The van der Waals surface area contributed by atoms with Crippen LogP contribution in [-0.4, -0.2) is 13.0 Å². The monoisotopic (exact) mass is 352 g/mol. The zero-order chi connectivity index (χ0) is 13.0. The molecule has 0 radical (unpaired) electrons. The van der Waals surface area contributed by atoms with Crippen molar-refractivity contribution in [3.63, 3.8) is 0 Å². The van der Waals surface area contributed by atoms with E-state index in [0.717, 1.165) is 14.9 Å². The minimum atomic E-state index is -0.107. The number of carbonyl (C=O) groups is 1. The van der Waals surface area contributed by atoms with Crippen molar-refractivity contribution in [3.05, 3.63) is 57.7 Å². The third kappa shape index (κ3) is 2.81. The Labute approximate surface area is 120 Å². The summed E-state index contributed by atoms with van der Waals surface area (Å²) in [5.74, 6) is -0.107. The number of rotatable bonds is 3. The Bertz CT molecular complexity index is 569. The molecular formula is C14H13IN2O. The first-order chi connectivity index (χ1) is 8.72. The van der Waals surface area contributed by atoms with Gasteiger partial charge in [-0.2, -0.15) is 0 Å². The maximum Gasteiger partial charge on any atom is 0.257 e. The molecule has 2 rings (SSSR count). The summed E-state index contributed by atoms with van der Waals surface area (Å²) in [6.07, 6.45) is 0. The largest absolute Gasteiger partial charge is 0.387 e. The Morgan fingerprint density at radius 3 is 2.28 bits per heavy atom. The van der Waals surface area contributed by atoms with E-state index in [1.54, 1.807) is 13.1 Å². The summed E-state index contributed by atoms with van der Waals surface area (Å²) >= 11 is 2.20. The summed E-state index contributed by atoms with van der Waals surface area (Å²) in [6, 6.07) is 15.1. The lowest BCUT2D eigenvalue weighted by Crippen LogP contribution is -2.14. The highest BCUT2D eigenvalue weighted by Crippen LogP contribution is 2.20. The van der Waals surface area contributed by atoms with Crippen LogP contribution in [0.3, 0.4) is 0 Å². The fraction of sp³-hybridized carbons (Fsp3) is 0.0714. The highest BCUT2D eigenvalue weighted by Gasteiger charge is 2.11. The normalized spacial score (nSPS) is 9.89. The Morgan fingerprint density at radius 1 is 1.00 bits per heavy atom. The van der Waals surface area contributed by atoms with Gasteiger partial charge in [0.25, 0.3) is 5.91 Å². The summed E-state index contributed by atoms with van der Waals surface area (Å²) in [4.78, 5) is 12.2. The maximum absolute atomic E-state index is 12.2. The topological polar surface area (TPSA) is 41.1 Å². The SMILES string of the molecule is CNc1ccccc1C(=O)Nc1ccccc1I. The molecule has 0 saturated heterocycles.